The molecule has 2 heterocycles. The van der Waals surface area contributed by atoms with Gasteiger partial charge in [0.1, 0.15) is 6.04 Å². The fourth-order valence-corrected chi connectivity index (χ4v) is 5.25. The number of carbonyl (C=O) groups is 3. The molecular formula is C29H30F3N5O3. The third-order valence-corrected chi connectivity index (χ3v) is 7.36. The molecule has 8 nitrogen and oxygen atoms in total. The second-order valence-corrected chi connectivity index (χ2v) is 9.98. The number of rotatable bonds is 6. The van der Waals surface area contributed by atoms with Crippen molar-refractivity contribution in [2.45, 2.75) is 18.6 Å². The van der Waals surface area contributed by atoms with Crippen LogP contribution < -0.4 is 15.5 Å². The second-order valence-electron chi connectivity index (χ2n) is 9.98. The molecule has 0 bridgehead atoms. The van der Waals surface area contributed by atoms with Crippen LogP contribution in [-0.4, -0.2) is 79.4 Å². The molecule has 0 saturated carbocycles. The largest absolute Gasteiger partial charge is 0.416 e. The maximum absolute atomic E-state index is 13.3. The highest BCUT2D eigenvalue weighted by Gasteiger charge is 2.36. The molecule has 11 heteroatoms. The van der Waals surface area contributed by atoms with Gasteiger partial charge < -0.3 is 20.4 Å². The van der Waals surface area contributed by atoms with Gasteiger partial charge in [-0.05, 0) is 29.7 Å². The lowest BCUT2D eigenvalue weighted by Crippen LogP contribution is -2.60. The lowest BCUT2D eigenvalue weighted by atomic mass is 10.1. The summed E-state index contributed by atoms with van der Waals surface area (Å²) < 4.78 is 39.3. The van der Waals surface area contributed by atoms with Crippen molar-refractivity contribution >= 4 is 39.9 Å². The van der Waals surface area contributed by atoms with Crippen LogP contribution in [0.15, 0.2) is 66.7 Å². The van der Waals surface area contributed by atoms with Crippen LogP contribution in [-0.2, 0) is 20.6 Å². The molecule has 2 N–H and O–H groups in total. The lowest BCUT2D eigenvalue weighted by Gasteiger charge is -2.39. The first kappa shape index (κ1) is 27.4. The topological polar surface area (TPSA) is 85.0 Å². The number of hydrogen-bond donors (Lipinski definition) is 2. The third-order valence-electron chi connectivity index (χ3n) is 7.36. The highest BCUT2D eigenvalue weighted by Crippen LogP contribution is 2.32. The minimum Gasteiger partial charge on any atom is -0.369 e. The number of alkyl halides is 3. The first-order valence-corrected chi connectivity index (χ1v) is 13.2. The van der Waals surface area contributed by atoms with Gasteiger partial charge >= 0.3 is 6.18 Å². The van der Waals surface area contributed by atoms with Gasteiger partial charge in [-0.15, -0.1) is 0 Å². The van der Waals surface area contributed by atoms with Gasteiger partial charge in [-0.3, -0.25) is 19.3 Å². The number of benzene rings is 3. The van der Waals surface area contributed by atoms with Gasteiger partial charge in [0, 0.05) is 56.0 Å². The van der Waals surface area contributed by atoms with Crippen molar-refractivity contribution in [2.24, 2.45) is 0 Å². The molecule has 210 valence electrons. The average molecular weight is 554 g/mol. The molecule has 3 amide bonds. The predicted molar refractivity (Wildman–Crippen MR) is 146 cm³/mol. The van der Waals surface area contributed by atoms with Crippen LogP contribution in [0, 0.1) is 0 Å². The monoisotopic (exact) mass is 553 g/mol. The van der Waals surface area contributed by atoms with Gasteiger partial charge in [-0.25, -0.2) is 0 Å². The summed E-state index contributed by atoms with van der Waals surface area (Å²) in [5, 5.41) is 7.48. The number of fused-ring (bicyclic) bond motifs is 1. The highest BCUT2D eigenvalue weighted by molar-refractivity contribution is 6.04. The molecular weight excluding hydrogens is 523 g/mol. The fourth-order valence-electron chi connectivity index (χ4n) is 5.25. The Bertz CT molecular complexity index is 1400. The Labute approximate surface area is 229 Å². The van der Waals surface area contributed by atoms with E-state index in [1.54, 1.807) is 12.1 Å². The van der Waals surface area contributed by atoms with E-state index in [1.807, 2.05) is 46.2 Å². The van der Waals surface area contributed by atoms with Crippen LogP contribution in [0.25, 0.3) is 10.8 Å². The Morgan fingerprint density at radius 3 is 2.42 bits per heavy atom. The zero-order valence-electron chi connectivity index (χ0n) is 21.8. The SMILES string of the molecule is O=C(CC1C(=O)NCCN1C(=O)CN1CCN(c2cccc(C(F)(F)F)c2)CC1)Nc1cccc2ccccc12. The molecule has 2 aliphatic rings. The zero-order chi connectivity index (χ0) is 28.3. The Kier molecular flexibility index (Phi) is 7.92. The maximum atomic E-state index is 13.3. The molecule has 5 rings (SSSR count). The normalized spacial score (nSPS) is 18.5. The maximum Gasteiger partial charge on any atom is 0.416 e. The van der Waals surface area contributed by atoms with Crippen LogP contribution >= 0.6 is 0 Å². The summed E-state index contributed by atoms with van der Waals surface area (Å²) in [6, 6.07) is 17.5. The summed E-state index contributed by atoms with van der Waals surface area (Å²) in [7, 11) is 0. The van der Waals surface area contributed by atoms with Crippen LogP contribution in [0.3, 0.4) is 0 Å². The Morgan fingerprint density at radius 1 is 0.925 bits per heavy atom. The van der Waals surface area contributed by atoms with Crippen molar-refractivity contribution in [1.82, 2.24) is 15.1 Å². The van der Waals surface area contributed by atoms with E-state index in [0.717, 1.165) is 22.9 Å². The highest BCUT2D eigenvalue weighted by atomic mass is 19.4. The quantitative estimate of drug-likeness (QED) is 0.489. The van der Waals surface area contributed by atoms with Crippen LogP contribution in [0.4, 0.5) is 24.5 Å². The molecule has 1 atom stereocenters. The molecule has 3 aromatic carbocycles. The minimum absolute atomic E-state index is 0.0607. The summed E-state index contributed by atoms with van der Waals surface area (Å²) in [6.07, 6.45) is -4.59. The summed E-state index contributed by atoms with van der Waals surface area (Å²) in [5.41, 5.74) is 0.433. The van der Waals surface area contributed by atoms with Crippen LogP contribution in [0.1, 0.15) is 12.0 Å². The van der Waals surface area contributed by atoms with Crippen molar-refractivity contribution in [3.8, 4) is 0 Å². The van der Waals surface area contributed by atoms with E-state index in [1.165, 1.54) is 11.0 Å². The fraction of sp³-hybridized carbons (Fsp3) is 0.345. The lowest BCUT2D eigenvalue weighted by molar-refractivity contribution is -0.145. The number of anilines is 2. The van der Waals surface area contributed by atoms with Gasteiger partial charge in [-0.2, -0.15) is 13.2 Å². The molecule has 2 fully saturated rings. The Morgan fingerprint density at radius 2 is 1.65 bits per heavy atom. The first-order chi connectivity index (χ1) is 19.2. The standard InChI is InChI=1S/C29H30F3N5O3/c30-29(31,32)21-7-4-8-22(17-21)36-15-13-35(14-16-36)19-27(39)37-12-11-33-28(40)25(37)18-26(38)34-24-10-3-6-20-5-1-2-9-23(20)24/h1-10,17,25H,11-16,18-19H2,(H,33,40)(H,34,38). The van der Waals surface area contributed by atoms with E-state index in [4.69, 9.17) is 0 Å². The Hall–Kier alpha value is -4.12. The van der Waals surface area contributed by atoms with Crippen LogP contribution in [0.5, 0.6) is 0 Å². The number of piperazine rings is 2. The summed E-state index contributed by atoms with van der Waals surface area (Å²) in [5.74, 6) is -1.00. The molecule has 3 aromatic rings. The molecule has 2 saturated heterocycles. The molecule has 40 heavy (non-hydrogen) atoms. The van der Waals surface area contributed by atoms with Gasteiger partial charge in [-0.1, -0.05) is 42.5 Å². The van der Waals surface area contributed by atoms with Crippen molar-refractivity contribution < 1.29 is 27.6 Å². The van der Waals surface area contributed by atoms with E-state index in [-0.39, 0.29) is 30.7 Å². The molecule has 0 aromatic heterocycles. The number of nitrogens with zero attached hydrogens (tertiary/aromatic N) is 3. The molecule has 0 radical (unpaired) electrons. The predicted octanol–water partition coefficient (Wildman–Crippen LogP) is 3.34. The van der Waals surface area contributed by atoms with Gasteiger partial charge in [0.2, 0.25) is 17.7 Å². The summed E-state index contributed by atoms with van der Waals surface area (Å²) in [4.78, 5) is 44.2. The van der Waals surface area contributed by atoms with Crippen molar-refractivity contribution in [3.63, 3.8) is 0 Å². The molecule has 2 aliphatic heterocycles. The van der Waals surface area contributed by atoms with Gasteiger partial charge in [0.15, 0.2) is 0 Å². The van der Waals surface area contributed by atoms with Gasteiger partial charge in [0.05, 0.1) is 18.5 Å². The summed E-state index contributed by atoms with van der Waals surface area (Å²) in [6.45, 7) is 2.54. The number of nitrogens with one attached hydrogen (secondary N) is 2. The number of halogens is 3. The van der Waals surface area contributed by atoms with E-state index in [2.05, 4.69) is 10.6 Å². The van der Waals surface area contributed by atoms with E-state index >= 15 is 0 Å². The number of amides is 3. The van der Waals surface area contributed by atoms with E-state index in [9.17, 15) is 27.6 Å². The van der Waals surface area contributed by atoms with Crippen LogP contribution in [0.2, 0.25) is 0 Å². The minimum atomic E-state index is -4.41. The van der Waals surface area contributed by atoms with Crippen molar-refractivity contribution in [2.75, 3.05) is 56.0 Å². The van der Waals surface area contributed by atoms with E-state index in [0.29, 0.717) is 50.6 Å². The summed E-state index contributed by atoms with van der Waals surface area (Å²) >= 11 is 0. The van der Waals surface area contributed by atoms with Crippen molar-refractivity contribution in [1.29, 1.82) is 0 Å². The average Bonchev–Trinajstić information content (AvgIpc) is 2.94. The molecule has 0 aliphatic carbocycles. The van der Waals surface area contributed by atoms with Crippen molar-refractivity contribution in [3.05, 3.63) is 72.3 Å². The Balaban J connectivity index is 1.18. The zero-order valence-corrected chi connectivity index (χ0v) is 21.8. The number of hydrogen-bond acceptors (Lipinski definition) is 5. The van der Waals surface area contributed by atoms with Gasteiger partial charge in [0.25, 0.3) is 0 Å². The van der Waals surface area contributed by atoms with E-state index < -0.39 is 17.8 Å². The molecule has 0 spiro atoms. The smallest absolute Gasteiger partial charge is 0.369 e. The molecule has 1 unspecified atom stereocenters. The third kappa shape index (κ3) is 6.20. The first-order valence-electron chi connectivity index (χ1n) is 13.2. The number of carbonyl (C=O) groups excluding carboxylic acids is 3. The second kappa shape index (κ2) is 11.5.